The Hall–Kier alpha value is -0.130. The summed E-state index contributed by atoms with van der Waals surface area (Å²) in [5, 5.41) is 9.65. The summed E-state index contributed by atoms with van der Waals surface area (Å²) in [5.74, 6) is 0.474. The molecule has 0 spiro atoms. The normalized spacial score (nSPS) is 24.1. The molecule has 1 rings (SSSR count). The SMILES string of the molecule is CCCC(O)CCCC1CCCN(S(C)(=O)=O)C1. The third-order valence-electron chi connectivity index (χ3n) is 3.72. The molecule has 5 heteroatoms. The smallest absolute Gasteiger partial charge is 0.211 e. The van der Waals surface area contributed by atoms with Crippen LogP contribution in [0.15, 0.2) is 0 Å². The van der Waals surface area contributed by atoms with E-state index in [1.807, 2.05) is 0 Å². The van der Waals surface area contributed by atoms with Gasteiger partial charge in [0.15, 0.2) is 0 Å². The number of sulfonamides is 1. The van der Waals surface area contributed by atoms with E-state index in [-0.39, 0.29) is 6.10 Å². The van der Waals surface area contributed by atoms with Crippen molar-refractivity contribution in [3.05, 3.63) is 0 Å². The molecule has 0 radical (unpaired) electrons. The summed E-state index contributed by atoms with van der Waals surface area (Å²) >= 11 is 0. The highest BCUT2D eigenvalue weighted by atomic mass is 32.2. The molecule has 1 aliphatic rings. The topological polar surface area (TPSA) is 57.6 Å². The molecule has 108 valence electrons. The number of aliphatic hydroxyl groups is 1. The highest BCUT2D eigenvalue weighted by molar-refractivity contribution is 7.88. The molecule has 0 aromatic carbocycles. The third-order valence-corrected chi connectivity index (χ3v) is 4.99. The second-order valence-corrected chi connectivity index (χ2v) is 7.49. The van der Waals surface area contributed by atoms with Crippen molar-refractivity contribution in [3.8, 4) is 0 Å². The number of aliphatic hydroxyl groups excluding tert-OH is 1. The number of hydrogen-bond acceptors (Lipinski definition) is 3. The van der Waals surface area contributed by atoms with Crippen LogP contribution in [0.2, 0.25) is 0 Å². The van der Waals surface area contributed by atoms with Gasteiger partial charge in [-0.25, -0.2) is 12.7 Å². The Bertz CT molecular complexity index is 329. The maximum atomic E-state index is 11.5. The van der Waals surface area contributed by atoms with Crippen LogP contribution in [0.5, 0.6) is 0 Å². The van der Waals surface area contributed by atoms with E-state index in [1.165, 1.54) is 6.26 Å². The van der Waals surface area contributed by atoms with Crippen molar-refractivity contribution in [2.45, 2.75) is 58.0 Å². The first-order valence-electron chi connectivity index (χ1n) is 7.06. The van der Waals surface area contributed by atoms with Gasteiger partial charge in [-0.15, -0.1) is 0 Å². The molecule has 1 saturated heterocycles. The third kappa shape index (κ3) is 5.67. The standard InChI is InChI=1S/C13H27NO3S/c1-3-6-13(15)9-4-7-12-8-5-10-14(11-12)18(2,16)17/h12-13,15H,3-11H2,1-2H3. The zero-order chi connectivity index (χ0) is 13.6. The summed E-state index contributed by atoms with van der Waals surface area (Å²) in [4.78, 5) is 0. The second-order valence-electron chi connectivity index (χ2n) is 5.50. The van der Waals surface area contributed by atoms with E-state index in [2.05, 4.69) is 6.92 Å². The molecule has 1 heterocycles. The fraction of sp³-hybridized carbons (Fsp3) is 1.00. The molecule has 18 heavy (non-hydrogen) atoms. The molecule has 0 aromatic heterocycles. The van der Waals surface area contributed by atoms with E-state index in [0.29, 0.717) is 19.0 Å². The van der Waals surface area contributed by atoms with Gasteiger partial charge in [0.2, 0.25) is 10.0 Å². The van der Waals surface area contributed by atoms with E-state index >= 15 is 0 Å². The van der Waals surface area contributed by atoms with Gasteiger partial charge in [-0.05, 0) is 38.0 Å². The molecule has 1 N–H and O–H groups in total. The average Bonchev–Trinajstić information content (AvgIpc) is 2.29. The van der Waals surface area contributed by atoms with Crippen molar-refractivity contribution in [2.75, 3.05) is 19.3 Å². The number of hydrogen-bond donors (Lipinski definition) is 1. The monoisotopic (exact) mass is 277 g/mol. The van der Waals surface area contributed by atoms with Gasteiger partial charge in [-0.3, -0.25) is 0 Å². The van der Waals surface area contributed by atoms with Gasteiger partial charge in [0.1, 0.15) is 0 Å². The van der Waals surface area contributed by atoms with Gasteiger partial charge in [-0.1, -0.05) is 19.8 Å². The Morgan fingerprint density at radius 1 is 1.39 bits per heavy atom. The minimum atomic E-state index is -3.02. The molecule has 1 aliphatic heterocycles. The van der Waals surface area contributed by atoms with Crippen molar-refractivity contribution >= 4 is 10.0 Å². The van der Waals surface area contributed by atoms with E-state index in [1.54, 1.807) is 4.31 Å². The largest absolute Gasteiger partial charge is 0.393 e. The van der Waals surface area contributed by atoms with Crippen molar-refractivity contribution < 1.29 is 13.5 Å². The summed E-state index contributed by atoms with van der Waals surface area (Å²) in [7, 11) is -3.02. The molecular formula is C13H27NO3S. The van der Waals surface area contributed by atoms with Crippen LogP contribution in [0.1, 0.15) is 51.9 Å². The van der Waals surface area contributed by atoms with Gasteiger partial charge in [0.05, 0.1) is 12.4 Å². The number of piperidine rings is 1. The van der Waals surface area contributed by atoms with E-state index in [0.717, 1.165) is 44.9 Å². The number of rotatable bonds is 7. The lowest BCUT2D eigenvalue weighted by Gasteiger charge is -2.31. The lowest BCUT2D eigenvalue weighted by atomic mass is 9.93. The summed E-state index contributed by atoms with van der Waals surface area (Å²) in [6.45, 7) is 3.42. The Balaban J connectivity index is 2.26. The quantitative estimate of drug-likeness (QED) is 0.774. The van der Waals surface area contributed by atoms with Crippen LogP contribution < -0.4 is 0 Å². The van der Waals surface area contributed by atoms with Gasteiger partial charge < -0.3 is 5.11 Å². The molecule has 0 bridgehead atoms. The van der Waals surface area contributed by atoms with Crippen molar-refractivity contribution in [1.29, 1.82) is 0 Å². The van der Waals surface area contributed by atoms with Crippen molar-refractivity contribution in [3.63, 3.8) is 0 Å². The van der Waals surface area contributed by atoms with Crippen LogP contribution in [-0.4, -0.2) is 43.3 Å². The summed E-state index contributed by atoms with van der Waals surface area (Å²) in [6, 6.07) is 0. The first kappa shape index (κ1) is 15.9. The van der Waals surface area contributed by atoms with E-state index in [4.69, 9.17) is 0 Å². The molecule has 2 atom stereocenters. The Labute approximate surface area is 111 Å². The van der Waals surface area contributed by atoms with Crippen LogP contribution in [-0.2, 0) is 10.0 Å². The molecule has 1 fully saturated rings. The van der Waals surface area contributed by atoms with Gasteiger partial charge in [0, 0.05) is 13.1 Å². The predicted octanol–water partition coefficient (Wildman–Crippen LogP) is 1.99. The highest BCUT2D eigenvalue weighted by Crippen LogP contribution is 2.23. The molecule has 4 nitrogen and oxygen atoms in total. The maximum Gasteiger partial charge on any atom is 0.211 e. The lowest BCUT2D eigenvalue weighted by Crippen LogP contribution is -2.39. The summed E-state index contributed by atoms with van der Waals surface area (Å²) in [5.41, 5.74) is 0. The predicted molar refractivity (Wildman–Crippen MR) is 73.9 cm³/mol. The van der Waals surface area contributed by atoms with Crippen LogP contribution in [0.3, 0.4) is 0 Å². The van der Waals surface area contributed by atoms with E-state index in [9.17, 15) is 13.5 Å². The van der Waals surface area contributed by atoms with Crippen molar-refractivity contribution in [2.24, 2.45) is 5.92 Å². The second kappa shape index (κ2) is 7.46. The minimum Gasteiger partial charge on any atom is -0.393 e. The Kier molecular flexibility index (Phi) is 6.60. The molecule has 0 saturated carbocycles. The maximum absolute atomic E-state index is 11.5. The van der Waals surface area contributed by atoms with Gasteiger partial charge >= 0.3 is 0 Å². The molecule has 0 aromatic rings. The summed E-state index contributed by atoms with van der Waals surface area (Å²) in [6.07, 6.45) is 7.99. The molecule has 0 amide bonds. The zero-order valence-corrected chi connectivity index (χ0v) is 12.5. The Morgan fingerprint density at radius 2 is 2.11 bits per heavy atom. The molecule has 0 aliphatic carbocycles. The Morgan fingerprint density at radius 3 is 2.72 bits per heavy atom. The van der Waals surface area contributed by atoms with Crippen molar-refractivity contribution in [1.82, 2.24) is 4.31 Å². The van der Waals surface area contributed by atoms with Crippen LogP contribution in [0.25, 0.3) is 0 Å². The lowest BCUT2D eigenvalue weighted by molar-refractivity contribution is 0.145. The first-order chi connectivity index (χ1) is 8.43. The molecular weight excluding hydrogens is 250 g/mol. The first-order valence-corrected chi connectivity index (χ1v) is 8.91. The van der Waals surface area contributed by atoms with Crippen LogP contribution >= 0.6 is 0 Å². The van der Waals surface area contributed by atoms with Crippen LogP contribution in [0.4, 0.5) is 0 Å². The number of nitrogens with zero attached hydrogens (tertiary/aromatic N) is 1. The van der Waals surface area contributed by atoms with E-state index < -0.39 is 10.0 Å². The fourth-order valence-electron chi connectivity index (χ4n) is 2.68. The minimum absolute atomic E-state index is 0.176. The van der Waals surface area contributed by atoms with Gasteiger partial charge in [0.25, 0.3) is 0 Å². The summed E-state index contributed by atoms with van der Waals surface area (Å²) < 4.78 is 24.6. The zero-order valence-electron chi connectivity index (χ0n) is 11.6. The molecule has 2 unspecified atom stereocenters. The highest BCUT2D eigenvalue weighted by Gasteiger charge is 2.25. The fourth-order valence-corrected chi connectivity index (χ4v) is 3.63. The van der Waals surface area contributed by atoms with Crippen LogP contribution in [0, 0.1) is 5.92 Å². The average molecular weight is 277 g/mol. The van der Waals surface area contributed by atoms with Gasteiger partial charge in [-0.2, -0.15) is 0 Å².